The first-order chi connectivity index (χ1) is 14.2. The third-order valence-corrected chi connectivity index (χ3v) is 4.88. The van der Waals surface area contributed by atoms with Gasteiger partial charge in [-0.1, -0.05) is 30.3 Å². The van der Waals surface area contributed by atoms with E-state index in [4.69, 9.17) is 14.2 Å². The van der Waals surface area contributed by atoms with Crippen molar-refractivity contribution in [3.05, 3.63) is 54.1 Å². The van der Waals surface area contributed by atoms with E-state index in [9.17, 15) is 4.79 Å². The van der Waals surface area contributed by atoms with Crippen LogP contribution in [-0.2, 0) is 6.54 Å². The Morgan fingerprint density at radius 2 is 1.55 bits per heavy atom. The van der Waals surface area contributed by atoms with Crippen molar-refractivity contribution >= 4 is 6.03 Å². The minimum absolute atomic E-state index is 0.0452. The second-order valence-electron chi connectivity index (χ2n) is 6.88. The van der Waals surface area contributed by atoms with Gasteiger partial charge >= 0.3 is 6.03 Å². The summed E-state index contributed by atoms with van der Waals surface area (Å²) in [7, 11) is 3.19. The minimum Gasteiger partial charge on any atom is -0.496 e. The molecule has 1 aliphatic heterocycles. The molecule has 1 saturated heterocycles. The molecule has 29 heavy (non-hydrogen) atoms. The van der Waals surface area contributed by atoms with Crippen molar-refractivity contribution in [3.63, 3.8) is 0 Å². The van der Waals surface area contributed by atoms with Gasteiger partial charge in [0.15, 0.2) is 0 Å². The zero-order valence-corrected chi connectivity index (χ0v) is 17.1. The van der Waals surface area contributed by atoms with Gasteiger partial charge in [0.2, 0.25) is 0 Å². The number of carbonyl (C=O) groups is 1. The lowest BCUT2D eigenvalue weighted by molar-refractivity contribution is 0.134. The fourth-order valence-electron chi connectivity index (χ4n) is 3.25. The molecule has 0 bridgehead atoms. The minimum atomic E-state index is -0.0452. The smallest absolute Gasteiger partial charge is 0.317 e. The molecule has 1 aliphatic rings. The van der Waals surface area contributed by atoms with Crippen molar-refractivity contribution in [2.45, 2.75) is 6.54 Å². The fraction of sp³-hybridized carbons (Fsp3) is 0.409. The summed E-state index contributed by atoms with van der Waals surface area (Å²) in [5.74, 6) is 1.97. The van der Waals surface area contributed by atoms with Crippen molar-refractivity contribution in [1.29, 1.82) is 0 Å². The van der Waals surface area contributed by atoms with Crippen LogP contribution in [0.1, 0.15) is 5.56 Å². The van der Waals surface area contributed by atoms with Crippen LogP contribution in [0.3, 0.4) is 0 Å². The van der Waals surface area contributed by atoms with Crippen LogP contribution in [-0.4, -0.2) is 69.4 Å². The predicted octanol–water partition coefficient (Wildman–Crippen LogP) is 2.61. The lowest BCUT2D eigenvalue weighted by Gasteiger charge is -2.34. The first kappa shape index (κ1) is 20.8. The number of amides is 2. The highest BCUT2D eigenvalue weighted by Crippen LogP contribution is 2.27. The van der Waals surface area contributed by atoms with E-state index in [1.807, 2.05) is 11.0 Å². The van der Waals surface area contributed by atoms with Gasteiger partial charge < -0.3 is 24.4 Å². The van der Waals surface area contributed by atoms with Gasteiger partial charge in [-0.25, -0.2) is 4.79 Å². The maximum atomic E-state index is 12.4. The number of hydrogen-bond donors (Lipinski definition) is 1. The molecule has 0 aliphatic carbocycles. The maximum Gasteiger partial charge on any atom is 0.317 e. The number of urea groups is 1. The molecule has 7 heteroatoms. The Labute approximate surface area is 172 Å². The first-order valence-corrected chi connectivity index (χ1v) is 9.83. The molecule has 1 N–H and O–H groups in total. The van der Waals surface area contributed by atoms with Gasteiger partial charge in [0, 0.05) is 50.9 Å². The zero-order chi connectivity index (χ0) is 20.5. The molecule has 3 rings (SSSR count). The van der Waals surface area contributed by atoms with Gasteiger partial charge in [-0.05, 0) is 5.56 Å². The van der Waals surface area contributed by atoms with Gasteiger partial charge in [0.1, 0.15) is 23.9 Å². The lowest BCUT2D eigenvalue weighted by atomic mass is 10.2. The van der Waals surface area contributed by atoms with E-state index < -0.39 is 0 Å². The molecule has 1 fully saturated rings. The van der Waals surface area contributed by atoms with Crippen molar-refractivity contribution in [1.82, 2.24) is 15.1 Å². The van der Waals surface area contributed by atoms with Crippen LogP contribution in [0, 0.1) is 0 Å². The normalized spacial score (nSPS) is 14.3. The quantitative estimate of drug-likeness (QED) is 0.692. The molecule has 156 valence electrons. The van der Waals surface area contributed by atoms with E-state index in [2.05, 4.69) is 34.5 Å². The Hall–Kier alpha value is -2.93. The van der Waals surface area contributed by atoms with Gasteiger partial charge in [0.25, 0.3) is 0 Å². The van der Waals surface area contributed by atoms with Crippen LogP contribution < -0.4 is 19.5 Å². The fourth-order valence-corrected chi connectivity index (χ4v) is 3.25. The average Bonchev–Trinajstić information content (AvgIpc) is 2.77. The molecule has 0 unspecified atom stereocenters. The van der Waals surface area contributed by atoms with Crippen LogP contribution in [0.15, 0.2) is 48.5 Å². The Bertz CT molecular complexity index is 755. The molecular weight excluding hydrogens is 370 g/mol. The van der Waals surface area contributed by atoms with E-state index in [1.165, 1.54) is 5.56 Å². The number of nitrogens with zero attached hydrogens (tertiary/aromatic N) is 2. The Kier molecular flexibility index (Phi) is 7.58. The summed E-state index contributed by atoms with van der Waals surface area (Å²) in [6.45, 7) is 4.94. The monoisotopic (exact) mass is 399 g/mol. The Morgan fingerprint density at radius 1 is 0.931 bits per heavy atom. The van der Waals surface area contributed by atoms with Crippen LogP contribution in [0.5, 0.6) is 17.2 Å². The van der Waals surface area contributed by atoms with Crippen molar-refractivity contribution in [2.24, 2.45) is 0 Å². The first-order valence-electron chi connectivity index (χ1n) is 9.83. The highest BCUT2D eigenvalue weighted by molar-refractivity contribution is 5.74. The molecule has 0 atom stereocenters. The van der Waals surface area contributed by atoms with Crippen molar-refractivity contribution in [3.8, 4) is 17.2 Å². The highest BCUT2D eigenvalue weighted by atomic mass is 16.5. The van der Waals surface area contributed by atoms with Crippen LogP contribution in [0.25, 0.3) is 0 Å². The average molecular weight is 399 g/mol. The van der Waals surface area contributed by atoms with Crippen molar-refractivity contribution in [2.75, 3.05) is 53.6 Å². The van der Waals surface area contributed by atoms with Crippen LogP contribution in [0.4, 0.5) is 4.79 Å². The van der Waals surface area contributed by atoms with Gasteiger partial charge in [-0.3, -0.25) is 4.90 Å². The summed E-state index contributed by atoms with van der Waals surface area (Å²) in [6, 6.07) is 15.7. The molecule has 0 radical (unpaired) electrons. The van der Waals surface area contributed by atoms with Gasteiger partial charge in [0.05, 0.1) is 20.8 Å². The summed E-state index contributed by atoms with van der Waals surface area (Å²) in [5.41, 5.74) is 1.30. The van der Waals surface area contributed by atoms with E-state index in [1.54, 1.807) is 32.4 Å². The van der Waals surface area contributed by atoms with E-state index in [0.29, 0.717) is 30.4 Å². The number of rotatable bonds is 8. The third kappa shape index (κ3) is 6.29. The van der Waals surface area contributed by atoms with E-state index in [-0.39, 0.29) is 6.03 Å². The second kappa shape index (κ2) is 10.6. The molecule has 2 aromatic rings. The molecular formula is C22H29N3O4. The number of benzene rings is 2. The van der Waals surface area contributed by atoms with E-state index in [0.717, 1.165) is 32.7 Å². The molecule has 2 amide bonds. The molecule has 0 spiro atoms. The Morgan fingerprint density at radius 3 is 2.17 bits per heavy atom. The topological polar surface area (TPSA) is 63.3 Å². The lowest BCUT2D eigenvalue weighted by Crippen LogP contribution is -2.51. The Balaban J connectivity index is 1.36. The number of nitrogens with one attached hydrogen (secondary N) is 1. The van der Waals surface area contributed by atoms with Gasteiger partial charge in [-0.15, -0.1) is 0 Å². The zero-order valence-electron chi connectivity index (χ0n) is 17.1. The molecule has 0 aromatic heterocycles. The summed E-state index contributed by atoms with van der Waals surface area (Å²) in [5, 5.41) is 2.93. The molecule has 0 saturated carbocycles. The predicted molar refractivity (Wildman–Crippen MR) is 112 cm³/mol. The summed E-state index contributed by atoms with van der Waals surface area (Å²) in [4.78, 5) is 16.6. The highest BCUT2D eigenvalue weighted by Gasteiger charge is 2.20. The molecule has 1 heterocycles. The number of ether oxygens (including phenoxy) is 3. The van der Waals surface area contributed by atoms with E-state index >= 15 is 0 Å². The summed E-state index contributed by atoms with van der Waals surface area (Å²) >= 11 is 0. The number of piperazine rings is 1. The SMILES string of the molecule is COc1cc(OC)cc(OCCNC(=O)N2CCN(Cc3ccccc3)CC2)c1. The standard InChI is InChI=1S/C22H29N3O4/c1-27-19-14-20(28-2)16-21(15-19)29-13-8-23-22(26)25-11-9-24(10-12-25)17-18-6-4-3-5-7-18/h3-7,14-16H,8-13,17H2,1-2H3,(H,23,26). The third-order valence-electron chi connectivity index (χ3n) is 4.88. The molecule has 2 aromatic carbocycles. The van der Waals surface area contributed by atoms with Crippen LogP contribution in [0.2, 0.25) is 0 Å². The summed E-state index contributed by atoms with van der Waals surface area (Å²) < 4.78 is 16.2. The summed E-state index contributed by atoms with van der Waals surface area (Å²) in [6.07, 6.45) is 0. The number of hydrogen-bond acceptors (Lipinski definition) is 5. The number of carbonyl (C=O) groups excluding carboxylic acids is 1. The van der Waals surface area contributed by atoms with Crippen molar-refractivity contribution < 1.29 is 19.0 Å². The number of methoxy groups -OCH3 is 2. The van der Waals surface area contributed by atoms with Gasteiger partial charge in [-0.2, -0.15) is 0 Å². The largest absolute Gasteiger partial charge is 0.496 e. The second-order valence-corrected chi connectivity index (χ2v) is 6.88. The van der Waals surface area contributed by atoms with Crippen LogP contribution >= 0.6 is 0 Å². The molecule has 7 nitrogen and oxygen atoms in total. The maximum absolute atomic E-state index is 12.4.